The van der Waals surface area contributed by atoms with Crippen LogP contribution in [-0.4, -0.2) is 53.0 Å². The van der Waals surface area contributed by atoms with Gasteiger partial charge in [-0.3, -0.25) is 9.89 Å². The number of nitrogens with zero attached hydrogens (tertiary/aromatic N) is 3. The van der Waals surface area contributed by atoms with Gasteiger partial charge in [0.15, 0.2) is 5.96 Å². The molecule has 1 saturated carbocycles. The molecule has 2 aromatic rings. The van der Waals surface area contributed by atoms with E-state index in [1.807, 2.05) is 7.05 Å². The van der Waals surface area contributed by atoms with E-state index in [-0.39, 0.29) is 0 Å². The molecule has 1 saturated heterocycles. The van der Waals surface area contributed by atoms with Crippen molar-refractivity contribution in [1.29, 1.82) is 0 Å². The summed E-state index contributed by atoms with van der Waals surface area (Å²) in [6.07, 6.45) is 2.75. The molecule has 2 heterocycles. The number of fused-ring (bicyclic) bond motifs is 1. The average Bonchev–Trinajstić information content (AvgIpc) is 3.27. The molecule has 0 radical (unpaired) electrons. The van der Waals surface area contributed by atoms with Gasteiger partial charge in [0.05, 0.1) is 17.6 Å². The number of hydrogen-bond acceptors (Lipinski definition) is 3. The molecule has 6 heteroatoms. The molecule has 0 amide bonds. The lowest BCUT2D eigenvalue weighted by atomic mass is 10.1. The number of guanidine groups is 1. The Morgan fingerprint density at radius 2 is 2.20 bits per heavy atom. The van der Waals surface area contributed by atoms with Gasteiger partial charge in [0.25, 0.3) is 0 Å². The molecular formula is C19H28N6. The van der Waals surface area contributed by atoms with Crippen LogP contribution in [0.4, 0.5) is 0 Å². The Labute approximate surface area is 149 Å². The maximum atomic E-state index is 4.64. The summed E-state index contributed by atoms with van der Waals surface area (Å²) in [5, 5.41) is 6.99. The number of imidazole rings is 1. The first-order valence-electron chi connectivity index (χ1n) is 9.29. The first kappa shape index (κ1) is 16.4. The Bertz CT molecular complexity index is 775. The Morgan fingerprint density at radius 1 is 1.36 bits per heavy atom. The Morgan fingerprint density at radius 3 is 2.96 bits per heavy atom. The number of likely N-dealkylation sites (tertiary alicyclic amines) is 1. The number of nitrogens with one attached hydrogen (secondary N) is 3. The van der Waals surface area contributed by atoms with Crippen molar-refractivity contribution >= 4 is 17.0 Å². The van der Waals surface area contributed by atoms with E-state index in [4.69, 9.17) is 0 Å². The van der Waals surface area contributed by atoms with E-state index in [0.717, 1.165) is 35.4 Å². The summed E-state index contributed by atoms with van der Waals surface area (Å²) in [5.41, 5.74) is 3.34. The number of aromatic amines is 1. The van der Waals surface area contributed by atoms with Gasteiger partial charge in [-0.05, 0) is 43.4 Å². The van der Waals surface area contributed by atoms with Crippen molar-refractivity contribution in [2.24, 2.45) is 10.9 Å². The molecular weight excluding hydrogens is 312 g/mol. The molecule has 4 rings (SSSR count). The molecule has 25 heavy (non-hydrogen) atoms. The highest BCUT2D eigenvalue weighted by atomic mass is 15.3. The van der Waals surface area contributed by atoms with Gasteiger partial charge in [0.2, 0.25) is 0 Å². The lowest BCUT2D eigenvalue weighted by molar-refractivity contribution is 0.315. The van der Waals surface area contributed by atoms with Crippen molar-refractivity contribution in [3.63, 3.8) is 0 Å². The molecule has 1 aliphatic heterocycles. The largest absolute Gasteiger partial charge is 0.352 e. The number of hydrogen-bond donors (Lipinski definition) is 3. The van der Waals surface area contributed by atoms with Crippen LogP contribution in [0, 0.1) is 12.8 Å². The first-order chi connectivity index (χ1) is 12.1. The lowest BCUT2D eigenvalue weighted by Crippen LogP contribution is -2.46. The smallest absolute Gasteiger partial charge is 0.191 e. The Balaban J connectivity index is 1.35. The molecule has 1 aliphatic carbocycles. The summed E-state index contributed by atoms with van der Waals surface area (Å²) in [7, 11) is 1.83. The van der Waals surface area contributed by atoms with E-state index in [1.165, 1.54) is 24.9 Å². The summed E-state index contributed by atoms with van der Waals surface area (Å²) >= 11 is 0. The van der Waals surface area contributed by atoms with E-state index in [2.05, 4.69) is 62.5 Å². The second-order valence-electron chi connectivity index (χ2n) is 7.54. The van der Waals surface area contributed by atoms with Gasteiger partial charge in [-0.25, -0.2) is 4.98 Å². The highest BCUT2D eigenvalue weighted by Gasteiger charge is 2.38. The van der Waals surface area contributed by atoms with Crippen LogP contribution >= 0.6 is 0 Å². The van der Waals surface area contributed by atoms with Crippen molar-refractivity contribution in [2.75, 3.05) is 20.1 Å². The van der Waals surface area contributed by atoms with Crippen LogP contribution in [0.5, 0.6) is 0 Å². The standard InChI is InChI=1S/C19H28N6/c1-12-4-7-15-16(8-12)23-18(22-15)9-21-19(20-3)24-17-11-25(10-13(17)2)14-5-6-14/h4,7-8,13-14,17H,5-6,9-11H2,1-3H3,(H,22,23)(H2,20,21,24). The molecule has 2 atom stereocenters. The number of H-pyrrole nitrogens is 1. The number of aryl methyl sites for hydroxylation is 1. The summed E-state index contributed by atoms with van der Waals surface area (Å²) in [5.74, 6) is 2.43. The van der Waals surface area contributed by atoms with E-state index in [1.54, 1.807) is 0 Å². The number of benzene rings is 1. The zero-order chi connectivity index (χ0) is 17.4. The van der Waals surface area contributed by atoms with Crippen LogP contribution < -0.4 is 10.6 Å². The summed E-state index contributed by atoms with van der Waals surface area (Å²) in [4.78, 5) is 15.0. The fraction of sp³-hybridized carbons (Fsp3) is 0.579. The van der Waals surface area contributed by atoms with Crippen molar-refractivity contribution in [3.05, 3.63) is 29.6 Å². The number of aliphatic imine (C=N–C) groups is 1. The predicted molar refractivity (Wildman–Crippen MR) is 102 cm³/mol. The zero-order valence-electron chi connectivity index (χ0n) is 15.3. The SMILES string of the molecule is CN=C(NCc1nc2ccc(C)cc2[nH]1)NC1CN(C2CC2)CC1C. The topological polar surface area (TPSA) is 68.3 Å². The maximum absolute atomic E-state index is 4.64. The van der Waals surface area contributed by atoms with Crippen LogP contribution in [0.1, 0.15) is 31.2 Å². The summed E-state index contributed by atoms with van der Waals surface area (Å²) in [6, 6.07) is 7.58. The fourth-order valence-corrected chi connectivity index (χ4v) is 3.73. The molecule has 1 aromatic heterocycles. The molecule has 2 fully saturated rings. The van der Waals surface area contributed by atoms with Gasteiger partial charge in [-0.15, -0.1) is 0 Å². The summed E-state index contributed by atoms with van der Waals surface area (Å²) in [6.45, 7) is 7.38. The third kappa shape index (κ3) is 3.63. The van der Waals surface area contributed by atoms with Crippen molar-refractivity contribution in [2.45, 2.75) is 45.3 Å². The average molecular weight is 340 g/mol. The quantitative estimate of drug-likeness (QED) is 0.588. The third-order valence-electron chi connectivity index (χ3n) is 5.36. The molecule has 0 bridgehead atoms. The third-order valence-corrected chi connectivity index (χ3v) is 5.36. The monoisotopic (exact) mass is 340 g/mol. The lowest BCUT2D eigenvalue weighted by Gasteiger charge is -2.20. The van der Waals surface area contributed by atoms with Crippen molar-refractivity contribution in [3.8, 4) is 0 Å². The zero-order valence-corrected chi connectivity index (χ0v) is 15.3. The molecule has 6 nitrogen and oxygen atoms in total. The van der Waals surface area contributed by atoms with Gasteiger partial charge in [0, 0.05) is 32.2 Å². The van der Waals surface area contributed by atoms with E-state index < -0.39 is 0 Å². The predicted octanol–water partition coefficient (Wildman–Crippen LogP) is 2.02. The van der Waals surface area contributed by atoms with Crippen LogP contribution in [0.15, 0.2) is 23.2 Å². The van der Waals surface area contributed by atoms with Crippen LogP contribution in [0.3, 0.4) is 0 Å². The minimum Gasteiger partial charge on any atom is -0.352 e. The van der Waals surface area contributed by atoms with Gasteiger partial charge < -0.3 is 15.6 Å². The van der Waals surface area contributed by atoms with Gasteiger partial charge in [-0.1, -0.05) is 13.0 Å². The van der Waals surface area contributed by atoms with Crippen LogP contribution in [0.2, 0.25) is 0 Å². The molecule has 134 valence electrons. The van der Waals surface area contributed by atoms with Crippen molar-refractivity contribution < 1.29 is 0 Å². The van der Waals surface area contributed by atoms with Crippen molar-refractivity contribution in [1.82, 2.24) is 25.5 Å². The second kappa shape index (κ2) is 6.67. The van der Waals surface area contributed by atoms with E-state index in [9.17, 15) is 0 Å². The maximum Gasteiger partial charge on any atom is 0.191 e. The Kier molecular flexibility index (Phi) is 4.37. The van der Waals surface area contributed by atoms with Gasteiger partial charge >= 0.3 is 0 Å². The number of aromatic nitrogens is 2. The fourth-order valence-electron chi connectivity index (χ4n) is 3.73. The van der Waals surface area contributed by atoms with E-state index in [0.29, 0.717) is 18.5 Å². The minimum atomic E-state index is 0.463. The first-order valence-corrected chi connectivity index (χ1v) is 9.29. The van der Waals surface area contributed by atoms with Crippen LogP contribution in [-0.2, 0) is 6.54 Å². The summed E-state index contributed by atoms with van der Waals surface area (Å²) < 4.78 is 0. The second-order valence-corrected chi connectivity index (χ2v) is 7.54. The molecule has 3 N–H and O–H groups in total. The molecule has 1 aromatic carbocycles. The van der Waals surface area contributed by atoms with Gasteiger partial charge in [-0.2, -0.15) is 0 Å². The van der Waals surface area contributed by atoms with E-state index >= 15 is 0 Å². The minimum absolute atomic E-state index is 0.463. The molecule has 2 aliphatic rings. The Hall–Kier alpha value is -2.08. The van der Waals surface area contributed by atoms with Crippen LogP contribution in [0.25, 0.3) is 11.0 Å². The number of rotatable bonds is 4. The highest BCUT2D eigenvalue weighted by molar-refractivity contribution is 5.80. The van der Waals surface area contributed by atoms with Gasteiger partial charge in [0.1, 0.15) is 5.82 Å². The normalized spacial score (nSPS) is 24.8. The molecule has 2 unspecified atom stereocenters. The highest BCUT2D eigenvalue weighted by Crippen LogP contribution is 2.31. The molecule has 0 spiro atoms.